The molecule has 1 fully saturated rings. The smallest absolute Gasteiger partial charge is 0.278 e. The van der Waals surface area contributed by atoms with Gasteiger partial charge in [0.25, 0.3) is 5.91 Å². The third kappa shape index (κ3) is 2.70. The normalized spacial score (nSPS) is 20.7. The van der Waals surface area contributed by atoms with Crippen LogP contribution in [-0.2, 0) is 14.4 Å². The maximum absolute atomic E-state index is 13.2. The van der Waals surface area contributed by atoms with Crippen LogP contribution in [0.25, 0.3) is 0 Å². The van der Waals surface area contributed by atoms with Gasteiger partial charge >= 0.3 is 0 Å². The van der Waals surface area contributed by atoms with Crippen LogP contribution in [0.5, 0.6) is 11.5 Å². The first kappa shape index (κ1) is 18.3. The number of oxime groups is 1. The molecular formula is C20H17ClN2O5. The van der Waals surface area contributed by atoms with Crippen LogP contribution in [-0.4, -0.2) is 37.8 Å². The number of imide groups is 1. The number of nitrogens with zero attached hydrogens (tertiary/aromatic N) is 2. The fraction of sp³-hybridized carbons (Fsp3) is 0.250. The number of fused-ring (bicyclic) bond motifs is 1. The van der Waals surface area contributed by atoms with E-state index in [0.717, 1.165) is 10.5 Å². The number of amides is 2. The summed E-state index contributed by atoms with van der Waals surface area (Å²) in [6.45, 7) is 1.81. The Kier molecular flexibility index (Phi) is 4.47. The Labute approximate surface area is 166 Å². The number of carbonyl (C=O) groups excluding carboxylic acids is 2. The van der Waals surface area contributed by atoms with Gasteiger partial charge in [-0.3, -0.25) is 9.59 Å². The lowest BCUT2D eigenvalue weighted by atomic mass is 9.94. The van der Waals surface area contributed by atoms with Crippen molar-refractivity contribution in [2.24, 2.45) is 11.1 Å². The highest BCUT2D eigenvalue weighted by atomic mass is 35.5. The Morgan fingerprint density at radius 1 is 1.04 bits per heavy atom. The first-order chi connectivity index (χ1) is 13.5. The topological polar surface area (TPSA) is 77.4 Å². The number of rotatable bonds is 4. The molecule has 2 unspecified atom stereocenters. The summed E-state index contributed by atoms with van der Waals surface area (Å²) in [5.41, 5.74) is 2.21. The predicted molar refractivity (Wildman–Crippen MR) is 103 cm³/mol. The van der Waals surface area contributed by atoms with Gasteiger partial charge in [-0.25, -0.2) is 4.90 Å². The second kappa shape index (κ2) is 6.83. The number of carbonyl (C=O) groups is 2. The summed E-state index contributed by atoms with van der Waals surface area (Å²) in [7, 11) is 3.05. The molecule has 0 radical (unpaired) electrons. The number of benzene rings is 2. The average Bonchev–Trinajstić information content (AvgIpc) is 3.24. The van der Waals surface area contributed by atoms with Crippen molar-refractivity contribution in [2.45, 2.75) is 13.0 Å². The highest BCUT2D eigenvalue weighted by Gasteiger charge is 2.56. The highest BCUT2D eigenvalue weighted by molar-refractivity contribution is 6.34. The minimum Gasteiger partial charge on any atom is -0.493 e. The molecule has 2 amide bonds. The van der Waals surface area contributed by atoms with Crippen LogP contribution in [0.1, 0.15) is 11.1 Å². The summed E-state index contributed by atoms with van der Waals surface area (Å²) in [4.78, 5) is 32.5. The van der Waals surface area contributed by atoms with Crippen LogP contribution >= 0.6 is 11.6 Å². The summed E-state index contributed by atoms with van der Waals surface area (Å²) in [6.07, 6.45) is -0.992. The molecule has 2 aliphatic heterocycles. The zero-order valence-electron chi connectivity index (χ0n) is 15.4. The van der Waals surface area contributed by atoms with Gasteiger partial charge in [-0.2, -0.15) is 0 Å². The first-order valence-electron chi connectivity index (χ1n) is 8.56. The molecule has 2 aromatic carbocycles. The highest BCUT2D eigenvalue weighted by Crippen LogP contribution is 2.38. The van der Waals surface area contributed by atoms with Crippen LogP contribution in [0.2, 0.25) is 5.02 Å². The van der Waals surface area contributed by atoms with E-state index in [4.69, 9.17) is 25.9 Å². The summed E-state index contributed by atoms with van der Waals surface area (Å²) >= 11 is 6.07. The molecule has 7 nitrogen and oxygen atoms in total. The van der Waals surface area contributed by atoms with Gasteiger partial charge in [0.1, 0.15) is 11.6 Å². The van der Waals surface area contributed by atoms with Gasteiger partial charge in [-0.15, -0.1) is 0 Å². The molecule has 1 saturated heterocycles. The number of halogens is 1. The van der Waals surface area contributed by atoms with E-state index in [-0.39, 0.29) is 0 Å². The van der Waals surface area contributed by atoms with Gasteiger partial charge in [-0.1, -0.05) is 22.8 Å². The standard InChI is InChI=1S/C20H17ClN2O5/c1-10-4-6-12(21)9-13(10)23-19(24)16-17(22-28-18(16)20(23)25)11-5-7-14(26-2)15(8-11)27-3/h4-9,16,18H,1-3H3. The van der Waals surface area contributed by atoms with E-state index in [1.807, 2.05) is 6.92 Å². The molecule has 2 aromatic rings. The average molecular weight is 401 g/mol. The maximum Gasteiger partial charge on any atom is 0.278 e. The molecule has 0 aromatic heterocycles. The van der Waals surface area contributed by atoms with E-state index in [1.54, 1.807) is 36.4 Å². The largest absolute Gasteiger partial charge is 0.493 e. The maximum atomic E-state index is 13.2. The Morgan fingerprint density at radius 2 is 1.79 bits per heavy atom. The van der Waals surface area contributed by atoms with E-state index >= 15 is 0 Å². The van der Waals surface area contributed by atoms with Crippen LogP contribution in [0.3, 0.4) is 0 Å². The molecule has 2 aliphatic rings. The molecule has 0 aliphatic carbocycles. The monoisotopic (exact) mass is 400 g/mol. The van der Waals surface area contributed by atoms with E-state index in [2.05, 4.69) is 5.16 Å². The molecule has 0 bridgehead atoms. The fourth-order valence-electron chi connectivity index (χ4n) is 3.47. The van der Waals surface area contributed by atoms with Crippen LogP contribution in [0.15, 0.2) is 41.6 Å². The minimum atomic E-state index is -0.992. The number of methoxy groups -OCH3 is 2. The molecule has 4 rings (SSSR count). The first-order valence-corrected chi connectivity index (χ1v) is 8.94. The summed E-state index contributed by atoms with van der Waals surface area (Å²) in [6, 6.07) is 10.2. The van der Waals surface area contributed by atoms with E-state index in [1.165, 1.54) is 14.2 Å². The van der Waals surface area contributed by atoms with Crippen LogP contribution < -0.4 is 14.4 Å². The van der Waals surface area contributed by atoms with Crippen molar-refractivity contribution >= 4 is 34.8 Å². The molecule has 0 N–H and O–H groups in total. The summed E-state index contributed by atoms with van der Waals surface area (Å²) < 4.78 is 10.6. The number of anilines is 1. The second-order valence-electron chi connectivity index (χ2n) is 6.49. The Bertz CT molecular complexity index is 1020. The fourth-order valence-corrected chi connectivity index (χ4v) is 3.64. The van der Waals surface area contributed by atoms with Gasteiger partial charge in [0.2, 0.25) is 12.0 Å². The number of hydrogen-bond donors (Lipinski definition) is 0. The van der Waals surface area contributed by atoms with Crippen molar-refractivity contribution in [3.8, 4) is 11.5 Å². The van der Waals surface area contributed by atoms with Gasteiger partial charge in [0, 0.05) is 10.6 Å². The van der Waals surface area contributed by atoms with Crippen molar-refractivity contribution in [1.29, 1.82) is 0 Å². The lowest BCUT2D eigenvalue weighted by Crippen LogP contribution is -2.33. The molecule has 0 saturated carbocycles. The van der Waals surface area contributed by atoms with Crippen molar-refractivity contribution in [1.82, 2.24) is 0 Å². The molecule has 0 spiro atoms. The van der Waals surface area contributed by atoms with Crippen molar-refractivity contribution in [2.75, 3.05) is 19.1 Å². The zero-order valence-corrected chi connectivity index (χ0v) is 16.2. The third-order valence-electron chi connectivity index (χ3n) is 4.90. The molecule has 2 atom stereocenters. The number of ether oxygens (including phenoxy) is 2. The quantitative estimate of drug-likeness (QED) is 0.737. The predicted octanol–water partition coefficient (Wildman–Crippen LogP) is 2.96. The third-order valence-corrected chi connectivity index (χ3v) is 5.14. The van der Waals surface area contributed by atoms with Crippen LogP contribution in [0, 0.1) is 12.8 Å². The number of hydrogen-bond acceptors (Lipinski definition) is 6. The van der Waals surface area contributed by atoms with Gasteiger partial charge in [0.15, 0.2) is 11.5 Å². The summed E-state index contributed by atoms with van der Waals surface area (Å²) in [5.74, 6) is -0.646. The molecule has 144 valence electrons. The molecule has 28 heavy (non-hydrogen) atoms. The molecular weight excluding hydrogens is 384 g/mol. The van der Waals surface area contributed by atoms with Gasteiger partial charge in [-0.05, 0) is 42.8 Å². The number of aryl methyl sites for hydroxylation is 1. The van der Waals surface area contributed by atoms with Gasteiger partial charge < -0.3 is 14.3 Å². The van der Waals surface area contributed by atoms with Crippen LogP contribution in [0.4, 0.5) is 5.69 Å². The lowest BCUT2D eigenvalue weighted by molar-refractivity contribution is -0.126. The van der Waals surface area contributed by atoms with Crippen molar-refractivity contribution in [3.63, 3.8) is 0 Å². The Balaban J connectivity index is 1.72. The van der Waals surface area contributed by atoms with E-state index in [9.17, 15) is 9.59 Å². The Morgan fingerprint density at radius 3 is 2.50 bits per heavy atom. The van der Waals surface area contributed by atoms with Crippen molar-refractivity contribution in [3.05, 3.63) is 52.5 Å². The molecule has 8 heteroatoms. The van der Waals surface area contributed by atoms with E-state index < -0.39 is 23.8 Å². The zero-order chi connectivity index (χ0) is 20.0. The Hall–Kier alpha value is -3.06. The second-order valence-corrected chi connectivity index (χ2v) is 6.93. The van der Waals surface area contributed by atoms with E-state index in [0.29, 0.717) is 33.5 Å². The van der Waals surface area contributed by atoms with Gasteiger partial charge in [0.05, 0.1) is 19.9 Å². The summed E-state index contributed by atoms with van der Waals surface area (Å²) in [5, 5.41) is 4.45. The SMILES string of the molecule is COc1ccc(C2=NOC3C(=O)N(c4cc(Cl)ccc4C)C(=O)C23)cc1OC. The van der Waals surface area contributed by atoms with Crippen molar-refractivity contribution < 1.29 is 23.9 Å². The minimum absolute atomic E-state index is 0.381. The molecule has 2 heterocycles. The lowest BCUT2D eigenvalue weighted by Gasteiger charge is -2.18.